The molecule has 6 rings (SSSR count). The van der Waals surface area contributed by atoms with Gasteiger partial charge in [-0.25, -0.2) is 4.79 Å². The van der Waals surface area contributed by atoms with E-state index in [9.17, 15) is 19.5 Å². The predicted molar refractivity (Wildman–Crippen MR) is 169 cm³/mol. The van der Waals surface area contributed by atoms with Crippen LogP contribution in [0, 0.1) is 50.2 Å². The highest BCUT2D eigenvalue weighted by molar-refractivity contribution is 5.96. The number of allylic oxidation sites excluding steroid dienone is 2. The number of carboxylic acids is 1. The van der Waals surface area contributed by atoms with Gasteiger partial charge in [0.2, 0.25) is 0 Å². The molecule has 0 bridgehead atoms. The Morgan fingerprint density at radius 3 is 2.25 bits per heavy atom. The molecular formula is C38H52O6. The quantitative estimate of drug-likeness (QED) is 0.348. The summed E-state index contributed by atoms with van der Waals surface area (Å²) in [5, 5.41) is 9.77. The number of esters is 1. The molecule has 0 radical (unpaired) electrons. The summed E-state index contributed by atoms with van der Waals surface area (Å²) in [6, 6.07) is 6.92. The van der Waals surface area contributed by atoms with Crippen molar-refractivity contribution in [1.82, 2.24) is 0 Å². The first kappa shape index (κ1) is 31.4. The molecule has 0 unspecified atom stereocenters. The lowest BCUT2D eigenvalue weighted by atomic mass is 9.33. The van der Waals surface area contributed by atoms with Gasteiger partial charge in [-0.15, -0.1) is 0 Å². The fourth-order valence-corrected chi connectivity index (χ4v) is 11.7. The zero-order valence-corrected chi connectivity index (χ0v) is 28.0. The van der Waals surface area contributed by atoms with Gasteiger partial charge < -0.3 is 14.6 Å². The van der Waals surface area contributed by atoms with E-state index in [0.29, 0.717) is 5.75 Å². The highest BCUT2D eigenvalue weighted by Crippen LogP contribution is 2.75. The Kier molecular flexibility index (Phi) is 7.08. The third-order valence-electron chi connectivity index (χ3n) is 14.6. The zero-order chi connectivity index (χ0) is 32.1. The number of hydrogen-bond donors (Lipinski definition) is 1. The molecule has 0 aromatic heterocycles. The standard InChI is InChI=1S/C38H52O6/c1-33(2)28-13-16-38(7)30(36(28,5)15-14-29(33)44-27-12-10-9-11-23(27)31(40)41)26(39)21-24-25-22-35(4,32(42)43-8)18-17-34(25,3)19-20-37(24,38)6/h9-12,21,25,28-30H,13-20,22H2,1-8H3,(H,40,41)/t25-,28-,29+,30+,34+,35-,36-,37+,38+/m0/s1. The van der Waals surface area contributed by atoms with Gasteiger partial charge in [0.15, 0.2) is 5.78 Å². The third kappa shape index (κ3) is 4.14. The first-order chi connectivity index (χ1) is 20.5. The van der Waals surface area contributed by atoms with E-state index in [2.05, 4.69) is 54.5 Å². The Morgan fingerprint density at radius 1 is 0.886 bits per heavy atom. The summed E-state index contributed by atoms with van der Waals surface area (Å²) in [5.74, 6) is -0.0443. The summed E-state index contributed by atoms with van der Waals surface area (Å²) in [5.41, 5.74) is 0.317. The topological polar surface area (TPSA) is 89.9 Å². The third-order valence-corrected chi connectivity index (χ3v) is 14.6. The molecule has 6 nitrogen and oxygen atoms in total. The van der Waals surface area contributed by atoms with Crippen molar-refractivity contribution < 1.29 is 29.0 Å². The lowest BCUT2D eigenvalue weighted by molar-refractivity contribution is -0.199. The Morgan fingerprint density at radius 2 is 1.57 bits per heavy atom. The lowest BCUT2D eigenvalue weighted by Gasteiger charge is -2.70. The molecule has 240 valence electrons. The molecule has 4 saturated carbocycles. The van der Waals surface area contributed by atoms with Crippen LogP contribution >= 0.6 is 0 Å². The number of carbonyl (C=O) groups is 3. The van der Waals surface area contributed by atoms with Crippen LogP contribution in [-0.2, 0) is 14.3 Å². The number of rotatable bonds is 4. The van der Waals surface area contributed by atoms with E-state index in [1.54, 1.807) is 18.2 Å². The second-order valence-corrected chi connectivity index (χ2v) is 17.0. The van der Waals surface area contributed by atoms with Crippen LogP contribution < -0.4 is 4.74 Å². The Balaban J connectivity index is 1.36. The van der Waals surface area contributed by atoms with Crippen LogP contribution in [0.2, 0.25) is 0 Å². The van der Waals surface area contributed by atoms with Gasteiger partial charge in [-0.2, -0.15) is 0 Å². The number of methoxy groups -OCH3 is 1. The number of carbonyl (C=O) groups excluding carboxylic acids is 2. The number of ketones is 1. The second kappa shape index (κ2) is 9.93. The summed E-state index contributed by atoms with van der Waals surface area (Å²) in [6.07, 6.45) is 10.3. The monoisotopic (exact) mass is 604 g/mol. The number of benzene rings is 1. The number of para-hydroxylation sites is 1. The zero-order valence-electron chi connectivity index (χ0n) is 28.0. The number of carboxylic acid groups (broad SMARTS) is 1. The molecule has 5 aliphatic rings. The predicted octanol–water partition coefficient (Wildman–Crippen LogP) is 8.29. The Bertz CT molecular complexity index is 1430. The van der Waals surface area contributed by atoms with Gasteiger partial charge in [-0.1, -0.05) is 59.2 Å². The van der Waals surface area contributed by atoms with Gasteiger partial charge >= 0.3 is 11.9 Å². The Hall–Kier alpha value is -2.63. The average molecular weight is 605 g/mol. The van der Waals surface area contributed by atoms with E-state index in [0.717, 1.165) is 57.8 Å². The van der Waals surface area contributed by atoms with Gasteiger partial charge in [0.25, 0.3) is 0 Å². The SMILES string of the molecule is COC(=O)[C@@]1(C)CC[C@]2(C)CC[C@]3(C)C(=CC(=O)[C@@H]4[C@@]5(C)CC[C@@H](Oc6ccccc6C(=O)O)C(C)(C)[C@@H]5CC[C@]43C)[C@@H]2C1. The van der Waals surface area contributed by atoms with Crippen LogP contribution in [0.15, 0.2) is 35.9 Å². The summed E-state index contributed by atoms with van der Waals surface area (Å²) in [7, 11) is 1.49. The maximum Gasteiger partial charge on any atom is 0.339 e. The number of ether oxygens (including phenoxy) is 2. The van der Waals surface area contributed by atoms with Gasteiger partial charge in [0.1, 0.15) is 17.4 Å². The van der Waals surface area contributed by atoms with Crippen molar-refractivity contribution in [3.63, 3.8) is 0 Å². The van der Waals surface area contributed by atoms with Crippen molar-refractivity contribution in [1.29, 1.82) is 0 Å². The van der Waals surface area contributed by atoms with E-state index < -0.39 is 11.4 Å². The van der Waals surface area contributed by atoms with Crippen LogP contribution in [0.3, 0.4) is 0 Å². The van der Waals surface area contributed by atoms with E-state index >= 15 is 0 Å². The van der Waals surface area contributed by atoms with Crippen LogP contribution in [0.1, 0.15) is 117 Å². The summed E-state index contributed by atoms with van der Waals surface area (Å²) >= 11 is 0. The molecule has 1 aromatic rings. The minimum absolute atomic E-state index is 0.0889. The fraction of sp³-hybridized carbons (Fsp3) is 0.711. The van der Waals surface area contributed by atoms with Gasteiger partial charge in [-0.05, 0) is 116 Å². The van der Waals surface area contributed by atoms with E-state index in [4.69, 9.17) is 9.47 Å². The molecule has 4 fully saturated rings. The van der Waals surface area contributed by atoms with Crippen LogP contribution in [0.4, 0.5) is 0 Å². The molecule has 0 saturated heterocycles. The average Bonchev–Trinajstić information content (AvgIpc) is 2.96. The normalized spacial score (nSPS) is 44.2. The molecule has 6 heteroatoms. The summed E-state index contributed by atoms with van der Waals surface area (Å²) < 4.78 is 11.8. The number of fused-ring (bicyclic) bond motifs is 7. The first-order valence-electron chi connectivity index (χ1n) is 16.8. The van der Waals surface area contributed by atoms with E-state index in [-0.39, 0.29) is 68.2 Å². The molecular weight excluding hydrogens is 552 g/mol. The molecule has 0 heterocycles. The molecule has 0 spiro atoms. The van der Waals surface area contributed by atoms with Gasteiger partial charge in [-0.3, -0.25) is 9.59 Å². The minimum atomic E-state index is -0.982. The van der Waals surface area contributed by atoms with Crippen molar-refractivity contribution in [2.45, 2.75) is 112 Å². The van der Waals surface area contributed by atoms with Gasteiger partial charge in [0.05, 0.1) is 12.5 Å². The van der Waals surface area contributed by atoms with Crippen molar-refractivity contribution in [2.24, 2.45) is 50.2 Å². The molecule has 1 aromatic carbocycles. The largest absolute Gasteiger partial charge is 0.489 e. The van der Waals surface area contributed by atoms with Crippen molar-refractivity contribution in [2.75, 3.05) is 7.11 Å². The smallest absolute Gasteiger partial charge is 0.339 e. The second-order valence-electron chi connectivity index (χ2n) is 17.0. The summed E-state index contributed by atoms with van der Waals surface area (Å²) in [6.45, 7) is 16.2. The van der Waals surface area contributed by atoms with Crippen LogP contribution in [-0.4, -0.2) is 36.0 Å². The first-order valence-corrected chi connectivity index (χ1v) is 16.8. The number of hydrogen-bond acceptors (Lipinski definition) is 5. The maximum atomic E-state index is 14.7. The fourth-order valence-electron chi connectivity index (χ4n) is 11.7. The lowest BCUT2D eigenvalue weighted by Crippen LogP contribution is -2.67. The van der Waals surface area contributed by atoms with Crippen LogP contribution in [0.25, 0.3) is 0 Å². The van der Waals surface area contributed by atoms with Crippen molar-refractivity contribution in [3.05, 3.63) is 41.5 Å². The Labute approximate surface area is 263 Å². The van der Waals surface area contributed by atoms with Crippen LogP contribution in [0.5, 0.6) is 5.75 Å². The van der Waals surface area contributed by atoms with Gasteiger partial charge in [0, 0.05) is 11.3 Å². The van der Waals surface area contributed by atoms with Crippen molar-refractivity contribution >= 4 is 17.7 Å². The highest BCUT2D eigenvalue weighted by Gasteiger charge is 2.70. The molecule has 0 aliphatic heterocycles. The molecule has 0 amide bonds. The number of aromatic carboxylic acids is 1. The molecule has 1 N–H and O–H groups in total. The van der Waals surface area contributed by atoms with Crippen molar-refractivity contribution in [3.8, 4) is 5.75 Å². The molecule has 44 heavy (non-hydrogen) atoms. The maximum absolute atomic E-state index is 14.7. The highest BCUT2D eigenvalue weighted by atomic mass is 16.5. The van der Waals surface area contributed by atoms with E-state index in [1.807, 2.05) is 6.07 Å². The summed E-state index contributed by atoms with van der Waals surface area (Å²) in [4.78, 5) is 39.6. The molecule has 9 atom stereocenters. The molecule has 5 aliphatic carbocycles. The minimum Gasteiger partial charge on any atom is -0.489 e. The van der Waals surface area contributed by atoms with E-state index in [1.165, 1.54) is 12.7 Å².